The minimum absolute atomic E-state index is 0.0719. The molecule has 3 rings (SSSR count). The van der Waals surface area contributed by atoms with Crippen LogP contribution in [0.15, 0.2) is 42.6 Å². The Bertz CT molecular complexity index is 608. The Morgan fingerprint density at radius 3 is 2.80 bits per heavy atom. The van der Waals surface area contributed by atoms with Gasteiger partial charge in [0.2, 0.25) is 5.28 Å². The van der Waals surface area contributed by atoms with E-state index in [0.29, 0.717) is 12.4 Å². The summed E-state index contributed by atoms with van der Waals surface area (Å²) in [6, 6.07) is 11.5. The van der Waals surface area contributed by atoms with Crippen molar-refractivity contribution >= 4 is 23.7 Å². The molecule has 0 bridgehead atoms. The van der Waals surface area contributed by atoms with Gasteiger partial charge in [-0.25, -0.2) is 9.97 Å². The van der Waals surface area contributed by atoms with E-state index in [0.717, 1.165) is 11.8 Å². The van der Waals surface area contributed by atoms with Gasteiger partial charge in [0.15, 0.2) is 12.5 Å². The molecule has 2 atom stereocenters. The van der Waals surface area contributed by atoms with E-state index in [1.165, 1.54) is 0 Å². The predicted octanol–water partition coefficient (Wildman–Crippen LogP) is 2.23. The van der Waals surface area contributed by atoms with Crippen molar-refractivity contribution in [1.29, 1.82) is 0 Å². The lowest BCUT2D eigenvalue weighted by Crippen LogP contribution is -2.34. The first-order valence-corrected chi connectivity index (χ1v) is 6.56. The normalized spacial score (nSPS) is 21.9. The third-order valence-electron chi connectivity index (χ3n) is 3.21. The van der Waals surface area contributed by atoms with E-state index in [-0.39, 0.29) is 11.3 Å². The van der Waals surface area contributed by atoms with Gasteiger partial charge in [0.05, 0.1) is 12.6 Å². The summed E-state index contributed by atoms with van der Waals surface area (Å²) >= 11 is 5.83. The van der Waals surface area contributed by atoms with Gasteiger partial charge in [0, 0.05) is 6.20 Å². The number of aldehydes is 1. The fourth-order valence-electron chi connectivity index (χ4n) is 2.32. The maximum atomic E-state index is 11.2. The average Bonchev–Trinajstić information content (AvgIpc) is 2.92. The highest BCUT2D eigenvalue weighted by molar-refractivity contribution is 6.28. The molecule has 1 saturated heterocycles. The summed E-state index contributed by atoms with van der Waals surface area (Å²) in [4.78, 5) is 21.1. The Balaban J connectivity index is 2.00. The van der Waals surface area contributed by atoms with Crippen LogP contribution in [0, 0.1) is 0 Å². The number of rotatable bonds is 3. The molecule has 0 radical (unpaired) electrons. The summed E-state index contributed by atoms with van der Waals surface area (Å²) in [7, 11) is 0. The second-order valence-electron chi connectivity index (χ2n) is 4.38. The Labute approximate surface area is 121 Å². The zero-order valence-electron chi connectivity index (χ0n) is 10.5. The van der Waals surface area contributed by atoms with Crippen molar-refractivity contribution in [2.75, 3.05) is 11.5 Å². The molecular weight excluding hydrogens is 278 g/mol. The average molecular weight is 290 g/mol. The maximum absolute atomic E-state index is 11.2. The Morgan fingerprint density at radius 2 is 2.10 bits per heavy atom. The van der Waals surface area contributed by atoms with Gasteiger partial charge in [-0.3, -0.25) is 4.79 Å². The molecule has 0 saturated carbocycles. The van der Waals surface area contributed by atoms with Crippen molar-refractivity contribution in [3.63, 3.8) is 0 Å². The largest absolute Gasteiger partial charge is 0.349 e. The molecule has 1 aliphatic heterocycles. The van der Waals surface area contributed by atoms with Crippen LogP contribution < -0.4 is 4.90 Å². The number of hydrogen-bond acceptors (Lipinski definition) is 5. The summed E-state index contributed by atoms with van der Waals surface area (Å²) in [6.07, 6.45) is 1.66. The Hall–Kier alpha value is -1.98. The van der Waals surface area contributed by atoms with Crippen molar-refractivity contribution in [2.45, 2.75) is 12.3 Å². The first-order chi connectivity index (χ1) is 9.79. The maximum Gasteiger partial charge on any atom is 0.224 e. The van der Waals surface area contributed by atoms with Crippen LogP contribution in [0.5, 0.6) is 0 Å². The number of anilines is 1. The highest BCUT2D eigenvalue weighted by Gasteiger charge is 2.36. The number of nitrogens with zero attached hydrogens (tertiary/aromatic N) is 3. The molecule has 1 fully saturated rings. The van der Waals surface area contributed by atoms with Gasteiger partial charge < -0.3 is 9.64 Å². The second-order valence-corrected chi connectivity index (χ2v) is 4.72. The molecule has 1 aromatic heterocycles. The molecule has 0 amide bonds. The fraction of sp³-hybridized carbons (Fsp3) is 0.214. The molecule has 2 heterocycles. The van der Waals surface area contributed by atoms with Crippen molar-refractivity contribution in [3.05, 3.63) is 53.4 Å². The standard InChI is InChI=1S/C14H12ClN3O2/c15-14-16-7-6-12(17-14)18-11(9-20-13(18)8-19)10-4-2-1-3-5-10/h1-8,11,13H,9H2/t11-,13?/m0/s1. The molecule has 0 N–H and O–H groups in total. The number of carbonyl (C=O) groups excluding carboxylic acids is 1. The van der Waals surface area contributed by atoms with Gasteiger partial charge in [-0.2, -0.15) is 0 Å². The van der Waals surface area contributed by atoms with Crippen LogP contribution in [-0.4, -0.2) is 29.1 Å². The van der Waals surface area contributed by atoms with E-state index in [1.807, 2.05) is 35.2 Å². The molecule has 2 aromatic rings. The van der Waals surface area contributed by atoms with Crippen LogP contribution >= 0.6 is 11.6 Å². The van der Waals surface area contributed by atoms with E-state index in [2.05, 4.69) is 9.97 Å². The van der Waals surface area contributed by atoms with Gasteiger partial charge in [-0.1, -0.05) is 30.3 Å². The molecule has 5 nitrogen and oxygen atoms in total. The molecule has 1 aliphatic rings. The zero-order valence-corrected chi connectivity index (χ0v) is 11.3. The molecule has 1 unspecified atom stereocenters. The molecular formula is C14H12ClN3O2. The number of halogens is 1. The molecule has 20 heavy (non-hydrogen) atoms. The van der Waals surface area contributed by atoms with E-state index in [9.17, 15) is 4.79 Å². The zero-order chi connectivity index (χ0) is 13.9. The van der Waals surface area contributed by atoms with Crippen molar-refractivity contribution in [1.82, 2.24) is 9.97 Å². The van der Waals surface area contributed by atoms with Crippen LogP contribution in [0.4, 0.5) is 5.82 Å². The molecule has 0 spiro atoms. The lowest BCUT2D eigenvalue weighted by atomic mass is 10.1. The van der Waals surface area contributed by atoms with E-state index >= 15 is 0 Å². The van der Waals surface area contributed by atoms with Crippen molar-refractivity contribution in [2.24, 2.45) is 0 Å². The van der Waals surface area contributed by atoms with Crippen molar-refractivity contribution in [3.8, 4) is 0 Å². The SMILES string of the molecule is O=CC1OC[C@@H](c2ccccc2)N1c1ccnc(Cl)n1. The van der Waals surface area contributed by atoms with Crippen LogP contribution in [-0.2, 0) is 9.53 Å². The quantitative estimate of drug-likeness (QED) is 0.641. The number of aromatic nitrogens is 2. The number of hydrogen-bond donors (Lipinski definition) is 0. The van der Waals surface area contributed by atoms with Crippen LogP contribution in [0.25, 0.3) is 0 Å². The van der Waals surface area contributed by atoms with Gasteiger partial charge in [0.25, 0.3) is 0 Å². The minimum Gasteiger partial charge on any atom is -0.349 e. The Morgan fingerprint density at radius 1 is 1.30 bits per heavy atom. The lowest BCUT2D eigenvalue weighted by molar-refractivity contribution is -0.115. The van der Waals surface area contributed by atoms with Gasteiger partial charge >= 0.3 is 0 Å². The smallest absolute Gasteiger partial charge is 0.224 e. The summed E-state index contributed by atoms with van der Waals surface area (Å²) in [5.41, 5.74) is 1.06. The molecule has 1 aromatic carbocycles. The van der Waals surface area contributed by atoms with Crippen LogP contribution in [0.1, 0.15) is 11.6 Å². The highest BCUT2D eigenvalue weighted by Crippen LogP contribution is 2.33. The summed E-state index contributed by atoms with van der Waals surface area (Å²) < 4.78 is 5.53. The predicted molar refractivity (Wildman–Crippen MR) is 74.5 cm³/mol. The van der Waals surface area contributed by atoms with Gasteiger partial charge in [-0.15, -0.1) is 0 Å². The van der Waals surface area contributed by atoms with Crippen LogP contribution in [0.3, 0.4) is 0 Å². The lowest BCUT2D eigenvalue weighted by Gasteiger charge is -2.26. The first kappa shape index (κ1) is 13.0. The third kappa shape index (κ3) is 2.37. The van der Waals surface area contributed by atoms with Gasteiger partial charge in [0.1, 0.15) is 5.82 Å². The first-order valence-electron chi connectivity index (χ1n) is 6.18. The summed E-state index contributed by atoms with van der Waals surface area (Å²) in [6.45, 7) is 0.426. The third-order valence-corrected chi connectivity index (χ3v) is 3.39. The van der Waals surface area contributed by atoms with E-state index in [1.54, 1.807) is 12.3 Å². The van der Waals surface area contributed by atoms with Gasteiger partial charge in [-0.05, 0) is 23.2 Å². The van der Waals surface area contributed by atoms with Crippen molar-refractivity contribution < 1.29 is 9.53 Å². The molecule has 0 aliphatic carbocycles. The summed E-state index contributed by atoms with van der Waals surface area (Å²) in [5, 5.41) is 0.144. The fourth-order valence-corrected chi connectivity index (χ4v) is 2.47. The molecule has 6 heteroatoms. The van der Waals surface area contributed by atoms with E-state index < -0.39 is 6.23 Å². The van der Waals surface area contributed by atoms with E-state index in [4.69, 9.17) is 16.3 Å². The Kier molecular flexibility index (Phi) is 3.62. The number of benzene rings is 1. The second kappa shape index (κ2) is 5.56. The summed E-state index contributed by atoms with van der Waals surface area (Å²) in [5.74, 6) is 0.577. The topological polar surface area (TPSA) is 55.3 Å². The molecule has 102 valence electrons. The minimum atomic E-state index is -0.661. The van der Waals surface area contributed by atoms with Crippen LogP contribution in [0.2, 0.25) is 5.28 Å². The number of carbonyl (C=O) groups is 1. The number of ether oxygens (including phenoxy) is 1. The highest BCUT2D eigenvalue weighted by atomic mass is 35.5. The monoisotopic (exact) mass is 289 g/mol.